The Kier molecular flexibility index (Phi) is 8.18. The summed E-state index contributed by atoms with van der Waals surface area (Å²) < 4.78 is 26.8. The van der Waals surface area contributed by atoms with Crippen LogP contribution < -0.4 is 5.32 Å². The number of para-hydroxylation sites is 1. The number of amides is 1. The van der Waals surface area contributed by atoms with Crippen LogP contribution in [-0.4, -0.2) is 41.0 Å². The van der Waals surface area contributed by atoms with Crippen molar-refractivity contribution in [3.63, 3.8) is 0 Å². The van der Waals surface area contributed by atoms with Crippen molar-refractivity contribution in [3.05, 3.63) is 83.5 Å². The van der Waals surface area contributed by atoms with Crippen LogP contribution in [0.2, 0.25) is 0 Å². The monoisotopic (exact) mass is 494 g/mol. The molecule has 1 aliphatic heterocycles. The van der Waals surface area contributed by atoms with Crippen LogP contribution in [0.3, 0.4) is 0 Å². The lowest BCUT2D eigenvalue weighted by Crippen LogP contribution is -2.39. The largest absolute Gasteiger partial charge is 0.459 e. The SMILES string of the molecule is CCO[C@@H]1OC(C(=O)NCc2ccc(F)cc2)=C[C@H](c2cn(C(C)=O)c3ccccc23)[C@H]1CCCO. The molecule has 1 aliphatic rings. The van der Waals surface area contributed by atoms with Crippen LogP contribution >= 0.6 is 0 Å². The Morgan fingerprint density at radius 3 is 2.61 bits per heavy atom. The molecule has 4 rings (SSSR count). The van der Waals surface area contributed by atoms with Crippen molar-refractivity contribution in [3.8, 4) is 0 Å². The predicted molar refractivity (Wildman–Crippen MR) is 134 cm³/mol. The fraction of sp³-hybridized carbons (Fsp3) is 0.357. The number of fused-ring (bicyclic) bond motifs is 1. The number of aromatic nitrogens is 1. The molecule has 36 heavy (non-hydrogen) atoms. The Hall–Kier alpha value is -3.49. The van der Waals surface area contributed by atoms with Gasteiger partial charge in [0.05, 0.1) is 5.52 Å². The number of ether oxygens (including phenoxy) is 2. The number of nitrogens with zero attached hydrogens (tertiary/aromatic N) is 1. The zero-order valence-electron chi connectivity index (χ0n) is 20.4. The van der Waals surface area contributed by atoms with Crippen molar-refractivity contribution in [1.29, 1.82) is 0 Å². The van der Waals surface area contributed by atoms with Gasteiger partial charge in [0.15, 0.2) is 5.76 Å². The number of aliphatic hydroxyl groups excluding tert-OH is 1. The molecule has 0 saturated carbocycles. The fourth-order valence-corrected chi connectivity index (χ4v) is 4.73. The summed E-state index contributed by atoms with van der Waals surface area (Å²) in [6, 6.07) is 13.6. The molecule has 3 atom stereocenters. The molecule has 3 aromatic rings. The van der Waals surface area contributed by atoms with Crippen LogP contribution in [0.4, 0.5) is 4.39 Å². The molecule has 1 amide bonds. The van der Waals surface area contributed by atoms with Crippen molar-refractivity contribution >= 4 is 22.7 Å². The van der Waals surface area contributed by atoms with Crippen LogP contribution in [0, 0.1) is 11.7 Å². The molecular weight excluding hydrogens is 463 g/mol. The number of benzene rings is 2. The number of carbonyl (C=O) groups excluding carboxylic acids is 2. The predicted octanol–water partition coefficient (Wildman–Crippen LogP) is 4.51. The summed E-state index contributed by atoms with van der Waals surface area (Å²) in [5.41, 5.74) is 2.43. The van der Waals surface area contributed by atoms with E-state index in [0.29, 0.717) is 19.4 Å². The van der Waals surface area contributed by atoms with Crippen molar-refractivity contribution in [2.45, 2.75) is 45.4 Å². The maximum Gasteiger partial charge on any atom is 0.286 e. The lowest BCUT2D eigenvalue weighted by atomic mass is 9.80. The van der Waals surface area contributed by atoms with Crippen LogP contribution in [0.15, 0.2) is 66.6 Å². The molecule has 0 unspecified atom stereocenters. The van der Waals surface area contributed by atoms with Gasteiger partial charge in [-0.2, -0.15) is 0 Å². The quantitative estimate of drug-likeness (QED) is 0.457. The van der Waals surface area contributed by atoms with E-state index in [0.717, 1.165) is 22.0 Å². The normalized spacial score (nSPS) is 19.6. The van der Waals surface area contributed by atoms with Gasteiger partial charge in [-0.1, -0.05) is 30.3 Å². The summed E-state index contributed by atoms with van der Waals surface area (Å²) in [6.45, 7) is 3.98. The number of carbonyl (C=O) groups is 2. The van der Waals surface area contributed by atoms with Crippen molar-refractivity contribution in [1.82, 2.24) is 9.88 Å². The highest BCUT2D eigenvalue weighted by Crippen LogP contribution is 2.42. The second kappa shape index (κ2) is 11.5. The number of allylic oxidation sites excluding steroid dienone is 1. The van der Waals surface area contributed by atoms with E-state index < -0.39 is 12.2 Å². The minimum absolute atomic E-state index is 0.0198. The van der Waals surface area contributed by atoms with Gasteiger partial charge in [-0.3, -0.25) is 14.2 Å². The lowest BCUT2D eigenvalue weighted by Gasteiger charge is -2.36. The smallest absolute Gasteiger partial charge is 0.286 e. The van der Waals surface area contributed by atoms with E-state index in [2.05, 4.69) is 5.32 Å². The minimum Gasteiger partial charge on any atom is -0.459 e. The molecule has 2 heterocycles. The molecule has 7 nitrogen and oxygen atoms in total. The number of rotatable bonds is 9. The van der Waals surface area contributed by atoms with Gasteiger partial charge >= 0.3 is 0 Å². The molecule has 0 bridgehead atoms. The molecule has 8 heteroatoms. The lowest BCUT2D eigenvalue weighted by molar-refractivity contribution is -0.166. The summed E-state index contributed by atoms with van der Waals surface area (Å²) in [5.74, 6) is -1.22. The van der Waals surface area contributed by atoms with Crippen LogP contribution in [0.25, 0.3) is 10.9 Å². The summed E-state index contributed by atoms with van der Waals surface area (Å²) in [6.07, 6.45) is 4.04. The molecule has 0 fully saturated rings. The van der Waals surface area contributed by atoms with Crippen LogP contribution in [-0.2, 0) is 20.8 Å². The van der Waals surface area contributed by atoms with Gasteiger partial charge < -0.3 is 19.9 Å². The Morgan fingerprint density at radius 1 is 1.17 bits per heavy atom. The van der Waals surface area contributed by atoms with Gasteiger partial charge in [-0.25, -0.2) is 4.39 Å². The number of hydrogen-bond donors (Lipinski definition) is 2. The van der Waals surface area contributed by atoms with E-state index >= 15 is 0 Å². The number of aliphatic hydroxyl groups is 1. The van der Waals surface area contributed by atoms with E-state index in [1.165, 1.54) is 19.1 Å². The Bertz CT molecular complexity index is 1250. The van der Waals surface area contributed by atoms with E-state index in [1.807, 2.05) is 37.4 Å². The Labute approximate surface area is 209 Å². The fourth-order valence-electron chi connectivity index (χ4n) is 4.73. The topological polar surface area (TPSA) is 89.8 Å². The third-order valence-electron chi connectivity index (χ3n) is 6.44. The van der Waals surface area contributed by atoms with Crippen LogP contribution in [0.1, 0.15) is 48.5 Å². The summed E-state index contributed by atoms with van der Waals surface area (Å²) in [4.78, 5) is 25.5. The molecule has 0 spiro atoms. The number of hydrogen-bond acceptors (Lipinski definition) is 5. The third-order valence-corrected chi connectivity index (χ3v) is 6.44. The van der Waals surface area contributed by atoms with Gasteiger partial charge in [-0.05, 0) is 55.2 Å². The average molecular weight is 495 g/mol. The van der Waals surface area contributed by atoms with E-state index in [9.17, 15) is 19.1 Å². The molecule has 190 valence electrons. The van der Waals surface area contributed by atoms with Crippen molar-refractivity contribution in [2.24, 2.45) is 5.92 Å². The average Bonchev–Trinajstić information content (AvgIpc) is 3.27. The summed E-state index contributed by atoms with van der Waals surface area (Å²) in [5, 5.41) is 13.3. The first-order valence-electron chi connectivity index (χ1n) is 12.2. The maximum absolute atomic E-state index is 13.2. The second-order valence-electron chi connectivity index (χ2n) is 8.83. The highest BCUT2D eigenvalue weighted by molar-refractivity contribution is 5.95. The van der Waals surface area contributed by atoms with E-state index in [-0.39, 0.29) is 42.5 Å². The van der Waals surface area contributed by atoms with Crippen LogP contribution in [0.5, 0.6) is 0 Å². The van der Waals surface area contributed by atoms with Crippen molar-refractivity contribution < 1.29 is 28.6 Å². The Balaban J connectivity index is 1.72. The zero-order chi connectivity index (χ0) is 25.7. The Morgan fingerprint density at radius 2 is 1.92 bits per heavy atom. The molecular formula is C28H31FN2O5. The van der Waals surface area contributed by atoms with E-state index in [4.69, 9.17) is 9.47 Å². The molecule has 2 aromatic carbocycles. The highest BCUT2D eigenvalue weighted by Gasteiger charge is 2.39. The van der Waals surface area contributed by atoms with Gasteiger partial charge in [0.2, 0.25) is 12.2 Å². The standard InChI is InChI=1S/C28H31FN2O5/c1-3-35-28-22(8-6-14-32)23(24-17-31(18(2)33)25-9-5-4-7-21(24)25)15-26(36-28)27(34)30-16-19-10-12-20(29)13-11-19/h4-5,7,9-13,15,17,22-23,28,32H,3,6,8,14,16H2,1-2H3,(H,30,34)/t22-,23+,28-/m1/s1. The second-order valence-corrected chi connectivity index (χ2v) is 8.83. The maximum atomic E-state index is 13.2. The molecule has 0 aliphatic carbocycles. The van der Waals surface area contributed by atoms with Gasteiger partial charge in [0, 0.05) is 50.1 Å². The third kappa shape index (κ3) is 5.50. The molecule has 2 N–H and O–H groups in total. The molecule has 0 radical (unpaired) electrons. The summed E-state index contributed by atoms with van der Waals surface area (Å²) >= 11 is 0. The van der Waals surface area contributed by atoms with Gasteiger partial charge in [-0.15, -0.1) is 0 Å². The van der Waals surface area contributed by atoms with E-state index in [1.54, 1.807) is 22.8 Å². The minimum atomic E-state index is -0.706. The highest BCUT2D eigenvalue weighted by atomic mass is 19.1. The van der Waals surface area contributed by atoms with Crippen molar-refractivity contribution in [2.75, 3.05) is 13.2 Å². The van der Waals surface area contributed by atoms with Gasteiger partial charge in [0.25, 0.3) is 5.91 Å². The molecule has 0 saturated heterocycles. The molecule has 1 aromatic heterocycles. The first-order chi connectivity index (χ1) is 17.4. The zero-order valence-corrected chi connectivity index (χ0v) is 20.4. The first-order valence-corrected chi connectivity index (χ1v) is 12.2. The number of halogens is 1. The number of nitrogens with one attached hydrogen (secondary N) is 1. The van der Waals surface area contributed by atoms with Gasteiger partial charge in [0.1, 0.15) is 5.82 Å². The first kappa shape index (κ1) is 25.6. The summed E-state index contributed by atoms with van der Waals surface area (Å²) in [7, 11) is 0.